The maximum absolute atomic E-state index is 8.71. The molecule has 1 aromatic carbocycles. The van der Waals surface area contributed by atoms with Gasteiger partial charge in [0, 0.05) is 31.9 Å². The zero-order chi connectivity index (χ0) is 13.0. The van der Waals surface area contributed by atoms with Crippen LogP contribution in [0.15, 0.2) is 24.3 Å². The Balaban J connectivity index is 2.08. The number of benzene rings is 1. The van der Waals surface area contributed by atoms with Crippen LogP contribution in [0, 0.1) is 11.3 Å². The normalized spacial score (nSPS) is 16.9. The number of anilines is 1. The van der Waals surface area contributed by atoms with Gasteiger partial charge in [0.1, 0.15) is 0 Å². The molecule has 0 atom stereocenters. The van der Waals surface area contributed by atoms with Gasteiger partial charge in [0.05, 0.1) is 12.6 Å². The minimum Gasteiger partial charge on any atom is -0.369 e. The minimum absolute atomic E-state index is 0.554. The first-order valence-electron chi connectivity index (χ1n) is 6.65. The molecule has 3 heteroatoms. The molecule has 18 heavy (non-hydrogen) atoms. The Morgan fingerprint density at radius 3 is 2.44 bits per heavy atom. The molecule has 0 aromatic heterocycles. The average Bonchev–Trinajstić information content (AvgIpc) is 2.40. The molecule has 0 aliphatic carbocycles. The third kappa shape index (κ3) is 2.83. The molecule has 1 aliphatic heterocycles. The SMILES string of the molecule is CC(C)c1ccccc1N1CCN(CC#N)CC1. The van der Waals surface area contributed by atoms with Gasteiger partial charge in [-0.15, -0.1) is 0 Å². The molecule has 2 rings (SSSR count). The van der Waals surface area contributed by atoms with Gasteiger partial charge in [-0.25, -0.2) is 0 Å². The number of nitriles is 1. The average molecular weight is 243 g/mol. The number of para-hydroxylation sites is 1. The molecule has 0 N–H and O–H groups in total. The van der Waals surface area contributed by atoms with Crippen LogP contribution in [-0.4, -0.2) is 37.6 Å². The number of hydrogen-bond acceptors (Lipinski definition) is 3. The molecule has 0 spiro atoms. The summed E-state index contributed by atoms with van der Waals surface area (Å²) in [5.74, 6) is 0.554. The Morgan fingerprint density at radius 2 is 1.83 bits per heavy atom. The minimum atomic E-state index is 0.554. The van der Waals surface area contributed by atoms with Crippen LogP contribution in [0.5, 0.6) is 0 Å². The van der Waals surface area contributed by atoms with Crippen LogP contribution in [0.4, 0.5) is 5.69 Å². The van der Waals surface area contributed by atoms with E-state index in [2.05, 4.69) is 54.0 Å². The highest BCUT2D eigenvalue weighted by Crippen LogP contribution is 2.27. The Labute approximate surface area is 110 Å². The first kappa shape index (κ1) is 12.9. The summed E-state index contributed by atoms with van der Waals surface area (Å²) in [6.07, 6.45) is 0. The van der Waals surface area contributed by atoms with E-state index in [1.54, 1.807) is 0 Å². The van der Waals surface area contributed by atoms with E-state index in [0.717, 1.165) is 26.2 Å². The lowest BCUT2D eigenvalue weighted by atomic mass is 10.00. The van der Waals surface area contributed by atoms with Crippen LogP contribution in [0.1, 0.15) is 25.3 Å². The molecule has 0 bridgehead atoms. The molecule has 96 valence electrons. The van der Waals surface area contributed by atoms with Crippen molar-refractivity contribution < 1.29 is 0 Å². The number of hydrogen-bond donors (Lipinski definition) is 0. The number of piperazine rings is 1. The van der Waals surface area contributed by atoms with Crippen LogP contribution in [0.2, 0.25) is 0 Å². The fourth-order valence-corrected chi connectivity index (χ4v) is 2.51. The molecule has 1 fully saturated rings. The topological polar surface area (TPSA) is 30.3 Å². The monoisotopic (exact) mass is 243 g/mol. The second kappa shape index (κ2) is 5.88. The molecule has 3 nitrogen and oxygen atoms in total. The third-order valence-electron chi connectivity index (χ3n) is 3.57. The lowest BCUT2D eigenvalue weighted by Crippen LogP contribution is -2.46. The predicted molar refractivity (Wildman–Crippen MR) is 74.8 cm³/mol. The van der Waals surface area contributed by atoms with Crippen molar-refractivity contribution in [2.24, 2.45) is 0 Å². The summed E-state index contributed by atoms with van der Waals surface area (Å²) in [5, 5.41) is 8.71. The standard InChI is InChI=1S/C15H21N3/c1-13(2)14-5-3-4-6-15(14)18-11-9-17(8-7-16)10-12-18/h3-6,13H,8-12H2,1-2H3. The van der Waals surface area contributed by atoms with Gasteiger partial charge in [-0.3, -0.25) is 4.90 Å². The van der Waals surface area contributed by atoms with E-state index < -0.39 is 0 Å². The van der Waals surface area contributed by atoms with E-state index in [0.29, 0.717) is 12.5 Å². The molecular weight excluding hydrogens is 222 g/mol. The van der Waals surface area contributed by atoms with Gasteiger partial charge >= 0.3 is 0 Å². The largest absolute Gasteiger partial charge is 0.369 e. The number of nitrogens with zero attached hydrogens (tertiary/aromatic N) is 3. The number of rotatable bonds is 3. The van der Waals surface area contributed by atoms with Crippen LogP contribution >= 0.6 is 0 Å². The maximum Gasteiger partial charge on any atom is 0.0867 e. The molecule has 0 unspecified atom stereocenters. The summed E-state index contributed by atoms with van der Waals surface area (Å²) in [6.45, 7) is 9.05. The van der Waals surface area contributed by atoms with E-state index in [1.807, 2.05) is 0 Å². The highest BCUT2D eigenvalue weighted by atomic mass is 15.3. The Kier molecular flexibility index (Phi) is 4.22. The van der Waals surface area contributed by atoms with Gasteiger partial charge in [0.25, 0.3) is 0 Å². The van der Waals surface area contributed by atoms with Gasteiger partial charge in [-0.1, -0.05) is 32.0 Å². The lowest BCUT2D eigenvalue weighted by Gasteiger charge is -2.36. The zero-order valence-corrected chi connectivity index (χ0v) is 11.3. The van der Waals surface area contributed by atoms with E-state index in [-0.39, 0.29) is 0 Å². The Morgan fingerprint density at radius 1 is 1.17 bits per heavy atom. The third-order valence-corrected chi connectivity index (χ3v) is 3.57. The fourth-order valence-electron chi connectivity index (χ4n) is 2.51. The Hall–Kier alpha value is -1.53. The van der Waals surface area contributed by atoms with Gasteiger partial charge < -0.3 is 4.90 Å². The maximum atomic E-state index is 8.71. The highest BCUT2D eigenvalue weighted by molar-refractivity contribution is 5.55. The van der Waals surface area contributed by atoms with Crippen LogP contribution in [0.25, 0.3) is 0 Å². The first-order valence-corrected chi connectivity index (χ1v) is 6.65. The summed E-state index contributed by atoms with van der Waals surface area (Å²) in [5.41, 5.74) is 2.79. The van der Waals surface area contributed by atoms with Crippen molar-refractivity contribution in [1.82, 2.24) is 4.90 Å². The van der Waals surface area contributed by atoms with Gasteiger partial charge in [-0.05, 0) is 17.5 Å². The summed E-state index contributed by atoms with van der Waals surface area (Å²) >= 11 is 0. The molecule has 1 saturated heterocycles. The van der Waals surface area contributed by atoms with Gasteiger partial charge in [0.15, 0.2) is 0 Å². The van der Waals surface area contributed by atoms with Crippen LogP contribution in [-0.2, 0) is 0 Å². The molecule has 0 radical (unpaired) electrons. The summed E-state index contributed by atoms with van der Waals surface area (Å²) in [6, 6.07) is 10.9. The van der Waals surface area contributed by atoms with Gasteiger partial charge in [0.2, 0.25) is 0 Å². The van der Waals surface area contributed by atoms with Crippen molar-refractivity contribution in [3.05, 3.63) is 29.8 Å². The summed E-state index contributed by atoms with van der Waals surface area (Å²) in [4.78, 5) is 4.66. The van der Waals surface area contributed by atoms with Crippen molar-refractivity contribution in [3.8, 4) is 6.07 Å². The summed E-state index contributed by atoms with van der Waals surface area (Å²) in [7, 11) is 0. The first-order chi connectivity index (χ1) is 8.72. The van der Waals surface area contributed by atoms with E-state index in [4.69, 9.17) is 5.26 Å². The van der Waals surface area contributed by atoms with Crippen LogP contribution < -0.4 is 4.90 Å². The molecule has 0 amide bonds. The van der Waals surface area contributed by atoms with Crippen molar-refractivity contribution in [2.75, 3.05) is 37.6 Å². The van der Waals surface area contributed by atoms with E-state index in [1.165, 1.54) is 11.3 Å². The zero-order valence-electron chi connectivity index (χ0n) is 11.3. The quantitative estimate of drug-likeness (QED) is 0.764. The van der Waals surface area contributed by atoms with Crippen molar-refractivity contribution >= 4 is 5.69 Å². The second-order valence-electron chi connectivity index (χ2n) is 5.13. The van der Waals surface area contributed by atoms with Gasteiger partial charge in [-0.2, -0.15) is 5.26 Å². The molecule has 1 aromatic rings. The van der Waals surface area contributed by atoms with Crippen LogP contribution in [0.3, 0.4) is 0 Å². The van der Waals surface area contributed by atoms with Crippen molar-refractivity contribution in [3.63, 3.8) is 0 Å². The lowest BCUT2D eigenvalue weighted by molar-refractivity contribution is 0.287. The fraction of sp³-hybridized carbons (Fsp3) is 0.533. The predicted octanol–water partition coefficient (Wildman–Crippen LogP) is 2.46. The van der Waals surface area contributed by atoms with E-state index in [9.17, 15) is 0 Å². The summed E-state index contributed by atoms with van der Waals surface area (Å²) < 4.78 is 0. The molecule has 0 saturated carbocycles. The molecular formula is C15H21N3. The smallest absolute Gasteiger partial charge is 0.0867 e. The van der Waals surface area contributed by atoms with Crippen molar-refractivity contribution in [1.29, 1.82) is 5.26 Å². The highest BCUT2D eigenvalue weighted by Gasteiger charge is 2.19. The molecule has 1 heterocycles. The van der Waals surface area contributed by atoms with E-state index >= 15 is 0 Å². The molecule has 1 aliphatic rings. The van der Waals surface area contributed by atoms with Crippen molar-refractivity contribution in [2.45, 2.75) is 19.8 Å². The Bertz CT molecular complexity index is 426. The second-order valence-corrected chi connectivity index (χ2v) is 5.13.